The van der Waals surface area contributed by atoms with E-state index >= 15 is 0 Å². The Labute approximate surface area is 158 Å². The second kappa shape index (κ2) is 8.13. The van der Waals surface area contributed by atoms with Crippen LogP contribution in [0, 0.1) is 0 Å². The van der Waals surface area contributed by atoms with E-state index in [0.29, 0.717) is 16.8 Å². The lowest BCUT2D eigenvalue weighted by Crippen LogP contribution is -2.37. The molecule has 1 N–H and O–H groups in total. The van der Waals surface area contributed by atoms with E-state index in [1.54, 1.807) is 30.3 Å². The van der Waals surface area contributed by atoms with Gasteiger partial charge >= 0.3 is 0 Å². The number of rotatable bonds is 7. The Morgan fingerprint density at radius 1 is 0.926 bits per heavy atom. The molecule has 1 amide bonds. The molecule has 0 spiro atoms. The van der Waals surface area contributed by atoms with Crippen LogP contribution in [0.3, 0.4) is 0 Å². The number of hydrogen-bond acceptors (Lipinski definition) is 5. The molecular weight excluding hydrogens is 368 g/mol. The van der Waals surface area contributed by atoms with Crippen LogP contribution >= 0.6 is 0 Å². The summed E-state index contributed by atoms with van der Waals surface area (Å²) in [4.78, 5) is 35.4. The first-order valence-corrected chi connectivity index (χ1v) is 9.92. The molecule has 8 heteroatoms. The van der Waals surface area contributed by atoms with E-state index in [1.807, 2.05) is 0 Å². The summed E-state index contributed by atoms with van der Waals surface area (Å²) in [5.74, 6) is -0.935. The minimum absolute atomic E-state index is 0.148. The fraction of sp³-hybridized carbons (Fsp3) is 0.211. The van der Waals surface area contributed by atoms with Crippen molar-refractivity contribution in [1.29, 1.82) is 0 Å². The molecule has 0 saturated carbocycles. The molecule has 0 saturated heterocycles. The number of amides is 1. The highest BCUT2D eigenvalue weighted by Gasteiger charge is 2.21. The van der Waals surface area contributed by atoms with Gasteiger partial charge in [-0.25, -0.2) is 8.42 Å². The van der Waals surface area contributed by atoms with Gasteiger partial charge in [0.25, 0.3) is 0 Å². The topological polar surface area (TPSA) is 101 Å². The SMILES string of the molecule is CC(=O)c1cccc(NC(=O)CN(c2cccc(C(C)=O)c2)S(C)(=O)=O)c1. The third-order valence-corrected chi connectivity index (χ3v) is 4.92. The van der Waals surface area contributed by atoms with E-state index in [1.165, 1.54) is 32.0 Å². The Kier molecular flexibility index (Phi) is 6.12. The number of ketones is 2. The number of nitrogens with one attached hydrogen (secondary N) is 1. The summed E-state index contributed by atoms with van der Waals surface area (Å²) in [5.41, 5.74) is 1.38. The first-order chi connectivity index (χ1) is 12.6. The number of carbonyl (C=O) groups excluding carboxylic acids is 3. The van der Waals surface area contributed by atoms with Gasteiger partial charge in [0.05, 0.1) is 11.9 Å². The van der Waals surface area contributed by atoms with Crippen molar-refractivity contribution in [2.75, 3.05) is 22.4 Å². The number of sulfonamides is 1. The smallest absolute Gasteiger partial charge is 0.245 e. The summed E-state index contributed by atoms with van der Waals surface area (Å²) in [6.45, 7) is 2.32. The van der Waals surface area contributed by atoms with Gasteiger partial charge in [-0.05, 0) is 38.1 Å². The van der Waals surface area contributed by atoms with Crippen LogP contribution in [0.4, 0.5) is 11.4 Å². The van der Waals surface area contributed by atoms with Crippen LogP contribution in [-0.4, -0.2) is 38.7 Å². The molecule has 0 atom stereocenters. The zero-order valence-corrected chi connectivity index (χ0v) is 16.0. The molecule has 0 heterocycles. The van der Waals surface area contributed by atoms with Crippen LogP contribution in [0.15, 0.2) is 48.5 Å². The Balaban J connectivity index is 2.25. The summed E-state index contributed by atoms with van der Waals surface area (Å²) < 4.78 is 25.2. The van der Waals surface area contributed by atoms with E-state index in [4.69, 9.17) is 0 Å². The molecule has 0 bridgehead atoms. The highest BCUT2D eigenvalue weighted by atomic mass is 32.2. The van der Waals surface area contributed by atoms with Crippen molar-refractivity contribution < 1.29 is 22.8 Å². The van der Waals surface area contributed by atoms with Gasteiger partial charge < -0.3 is 5.32 Å². The molecule has 2 aromatic rings. The Morgan fingerprint density at radius 2 is 1.48 bits per heavy atom. The predicted molar refractivity (Wildman–Crippen MR) is 104 cm³/mol. The van der Waals surface area contributed by atoms with Crippen molar-refractivity contribution in [1.82, 2.24) is 0 Å². The van der Waals surface area contributed by atoms with Gasteiger partial charge in [0.2, 0.25) is 15.9 Å². The third kappa shape index (κ3) is 5.49. The standard InChI is InChI=1S/C19H20N2O5S/c1-13(22)15-6-4-8-17(10-15)20-19(24)12-21(27(3,25)26)18-9-5-7-16(11-18)14(2)23/h4-11H,12H2,1-3H3,(H,20,24). The molecule has 0 fully saturated rings. The average molecular weight is 388 g/mol. The Morgan fingerprint density at radius 3 is 2.04 bits per heavy atom. The average Bonchev–Trinajstić information content (AvgIpc) is 2.59. The molecule has 142 valence electrons. The van der Waals surface area contributed by atoms with Crippen molar-refractivity contribution in [3.63, 3.8) is 0 Å². The van der Waals surface area contributed by atoms with E-state index in [-0.39, 0.29) is 17.3 Å². The number of benzene rings is 2. The van der Waals surface area contributed by atoms with Gasteiger partial charge in [0.15, 0.2) is 11.6 Å². The van der Waals surface area contributed by atoms with Gasteiger partial charge in [-0.1, -0.05) is 24.3 Å². The maximum absolute atomic E-state index is 12.4. The van der Waals surface area contributed by atoms with Crippen molar-refractivity contribution in [3.05, 3.63) is 59.7 Å². The van der Waals surface area contributed by atoms with Crippen LogP contribution in [-0.2, 0) is 14.8 Å². The lowest BCUT2D eigenvalue weighted by molar-refractivity contribution is -0.114. The van der Waals surface area contributed by atoms with Crippen LogP contribution in [0.5, 0.6) is 0 Å². The summed E-state index contributed by atoms with van der Waals surface area (Å²) >= 11 is 0. The molecule has 27 heavy (non-hydrogen) atoms. The molecule has 7 nitrogen and oxygen atoms in total. The van der Waals surface area contributed by atoms with E-state index in [0.717, 1.165) is 10.6 Å². The lowest BCUT2D eigenvalue weighted by Gasteiger charge is -2.22. The fourth-order valence-corrected chi connectivity index (χ4v) is 3.28. The minimum atomic E-state index is -3.76. The van der Waals surface area contributed by atoms with Gasteiger partial charge in [0.1, 0.15) is 6.54 Å². The highest BCUT2D eigenvalue weighted by Crippen LogP contribution is 2.20. The number of carbonyl (C=O) groups is 3. The second-order valence-corrected chi connectivity index (χ2v) is 7.97. The van der Waals surface area contributed by atoms with E-state index < -0.39 is 22.5 Å². The quantitative estimate of drug-likeness (QED) is 0.735. The zero-order valence-electron chi connectivity index (χ0n) is 15.2. The summed E-state index contributed by atoms with van der Waals surface area (Å²) in [7, 11) is -3.76. The number of Topliss-reactive ketones (excluding diaryl/α,β-unsaturated/α-hetero) is 2. The fourth-order valence-electron chi connectivity index (χ4n) is 2.43. The third-order valence-electron chi connectivity index (χ3n) is 3.78. The summed E-state index contributed by atoms with van der Waals surface area (Å²) in [6, 6.07) is 12.4. The molecule has 0 aliphatic heterocycles. The zero-order chi connectivity index (χ0) is 20.2. The van der Waals surface area contributed by atoms with Gasteiger partial charge in [-0.2, -0.15) is 0 Å². The van der Waals surface area contributed by atoms with Crippen molar-refractivity contribution in [2.45, 2.75) is 13.8 Å². The lowest BCUT2D eigenvalue weighted by atomic mass is 10.1. The van der Waals surface area contributed by atoms with Gasteiger partial charge in [0, 0.05) is 16.8 Å². The van der Waals surface area contributed by atoms with Gasteiger partial charge in [-0.3, -0.25) is 18.7 Å². The largest absolute Gasteiger partial charge is 0.324 e. The highest BCUT2D eigenvalue weighted by molar-refractivity contribution is 7.92. The monoisotopic (exact) mass is 388 g/mol. The number of nitrogens with zero attached hydrogens (tertiary/aromatic N) is 1. The van der Waals surface area contributed by atoms with Crippen LogP contribution < -0.4 is 9.62 Å². The van der Waals surface area contributed by atoms with Crippen LogP contribution in [0.1, 0.15) is 34.6 Å². The van der Waals surface area contributed by atoms with Crippen molar-refractivity contribution in [3.8, 4) is 0 Å². The van der Waals surface area contributed by atoms with E-state index in [9.17, 15) is 22.8 Å². The first kappa shape index (κ1) is 20.3. The molecule has 0 aliphatic rings. The molecule has 0 aromatic heterocycles. The van der Waals surface area contributed by atoms with E-state index in [2.05, 4.69) is 5.32 Å². The van der Waals surface area contributed by atoms with Crippen LogP contribution in [0.25, 0.3) is 0 Å². The predicted octanol–water partition coefficient (Wildman–Crippen LogP) is 2.50. The summed E-state index contributed by atoms with van der Waals surface area (Å²) in [5, 5.41) is 2.58. The van der Waals surface area contributed by atoms with Gasteiger partial charge in [-0.15, -0.1) is 0 Å². The van der Waals surface area contributed by atoms with Crippen molar-refractivity contribution in [2.24, 2.45) is 0 Å². The number of hydrogen-bond donors (Lipinski definition) is 1. The molecule has 0 radical (unpaired) electrons. The maximum Gasteiger partial charge on any atom is 0.245 e. The second-order valence-electron chi connectivity index (χ2n) is 6.06. The molecule has 0 aliphatic carbocycles. The molecule has 0 unspecified atom stereocenters. The number of anilines is 2. The molecule has 2 aromatic carbocycles. The Bertz CT molecular complexity index is 999. The normalized spacial score (nSPS) is 10.9. The molecular formula is C19H20N2O5S. The maximum atomic E-state index is 12.4. The summed E-state index contributed by atoms with van der Waals surface area (Å²) in [6.07, 6.45) is 0.983. The molecule has 2 rings (SSSR count). The minimum Gasteiger partial charge on any atom is -0.324 e. The van der Waals surface area contributed by atoms with Crippen LogP contribution in [0.2, 0.25) is 0 Å². The first-order valence-electron chi connectivity index (χ1n) is 8.07. The Hall–Kier alpha value is -3.00. The van der Waals surface area contributed by atoms with Crippen molar-refractivity contribution >= 4 is 38.9 Å².